The van der Waals surface area contributed by atoms with Crippen molar-refractivity contribution in [2.75, 3.05) is 18.6 Å². The second-order valence-electron chi connectivity index (χ2n) is 3.37. The van der Waals surface area contributed by atoms with Gasteiger partial charge in [0, 0.05) is 12.8 Å². The summed E-state index contributed by atoms with van der Waals surface area (Å²) in [6, 6.07) is 5.52. The summed E-state index contributed by atoms with van der Waals surface area (Å²) in [5.41, 5.74) is -0.0870. The van der Waals surface area contributed by atoms with Crippen LogP contribution in [0.3, 0.4) is 0 Å². The minimum absolute atomic E-state index is 0.0218. The van der Waals surface area contributed by atoms with Crippen LogP contribution in [0.15, 0.2) is 24.3 Å². The molecular weight excluding hydrogens is 233 g/mol. The van der Waals surface area contributed by atoms with Crippen LogP contribution >= 0.6 is 0 Å². The monoisotopic (exact) mass is 245 g/mol. The summed E-state index contributed by atoms with van der Waals surface area (Å²) in [6.45, 7) is -0.0218. The maximum Gasteiger partial charge on any atom is 0.254 e. The van der Waals surface area contributed by atoms with E-state index in [1.807, 2.05) is 0 Å². The summed E-state index contributed by atoms with van der Waals surface area (Å²) in [5.74, 6) is -1.39. The molecule has 88 valence electrons. The van der Waals surface area contributed by atoms with Gasteiger partial charge in [0.15, 0.2) is 0 Å². The summed E-state index contributed by atoms with van der Waals surface area (Å²) in [4.78, 5) is 11.4. The maximum absolute atomic E-state index is 13.1. The average Bonchev–Trinajstić information content (AvgIpc) is 2.16. The van der Waals surface area contributed by atoms with E-state index in [0.29, 0.717) is 0 Å². The Balaban J connectivity index is 2.57. The van der Waals surface area contributed by atoms with E-state index in [0.717, 1.165) is 6.26 Å². The molecule has 0 aliphatic carbocycles. The van der Waals surface area contributed by atoms with E-state index in [2.05, 4.69) is 5.32 Å². The second kappa shape index (κ2) is 5.07. The summed E-state index contributed by atoms with van der Waals surface area (Å²) < 4.78 is 34.7. The standard InChI is InChI=1S/C10H12FNO3S/c1-16(14,15)7-6-12-10(13)8-4-2-3-5-9(8)11/h2-5H,6-7H2,1H3,(H,12,13). The fraction of sp³-hybridized carbons (Fsp3) is 0.300. The lowest BCUT2D eigenvalue weighted by Crippen LogP contribution is -2.29. The zero-order valence-electron chi connectivity index (χ0n) is 8.73. The van der Waals surface area contributed by atoms with Crippen molar-refractivity contribution in [3.8, 4) is 0 Å². The van der Waals surface area contributed by atoms with Gasteiger partial charge in [-0.2, -0.15) is 0 Å². The van der Waals surface area contributed by atoms with Crippen molar-refractivity contribution in [1.82, 2.24) is 5.32 Å². The number of halogens is 1. The zero-order chi connectivity index (χ0) is 12.2. The molecule has 0 radical (unpaired) electrons. The molecular formula is C10H12FNO3S. The maximum atomic E-state index is 13.1. The SMILES string of the molecule is CS(=O)(=O)CCNC(=O)c1ccccc1F. The number of sulfone groups is 1. The van der Waals surface area contributed by atoms with Gasteiger partial charge in [0.05, 0.1) is 11.3 Å². The van der Waals surface area contributed by atoms with Crippen LogP contribution in [0.1, 0.15) is 10.4 Å². The van der Waals surface area contributed by atoms with Crippen LogP contribution < -0.4 is 5.32 Å². The number of carbonyl (C=O) groups is 1. The smallest absolute Gasteiger partial charge is 0.254 e. The van der Waals surface area contributed by atoms with Gasteiger partial charge in [-0.05, 0) is 12.1 Å². The van der Waals surface area contributed by atoms with Crippen LogP contribution in [0.5, 0.6) is 0 Å². The average molecular weight is 245 g/mol. The number of hydrogen-bond donors (Lipinski definition) is 1. The normalized spacial score (nSPS) is 11.1. The first-order chi connectivity index (χ1) is 7.40. The fourth-order valence-electron chi connectivity index (χ4n) is 1.09. The first-order valence-corrected chi connectivity index (χ1v) is 6.66. The van der Waals surface area contributed by atoms with E-state index in [9.17, 15) is 17.6 Å². The van der Waals surface area contributed by atoms with Gasteiger partial charge in [0.25, 0.3) is 5.91 Å². The van der Waals surface area contributed by atoms with E-state index in [1.165, 1.54) is 24.3 Å². The van der Waals surface area contributed by atoms with E-state index in [1.54, 1.807) is 0 Å². The quantitative estimate of drug-likeness (QED) is 0.845. The molecule has 6 heteroatoms. The molecule has 0 atom stereocenters. The summed E-state index contributed by atoms with van der Waals surface area (Å²) in [5, 5.41) is 2.34. The number of hydrogen-bond acceptors (Lipinski definition) is 3. The lowest BCUT2D eigenvalue weighted by atomic mass is 10.2. The Morgan fingerprint density at radius 2 is 2.00 bits per heavy atom. The highest BCUT2D eigenvalue weighted by molar-refractivity contribution is 7.90. The van der Waals surface area contributed by atoms with Crippen LogP contribution in [-0.4, -0.2) is 32.9 Å². The van der Waals surface area contributed by atoms with Crippen LogP contribution in [-0.2, 0) is 9.84 Å². The van der Waals surface area contributed by atoms with E-state index in [4.69, 9.17) is 0 Å². The van der Waals surface area contributed by atoms with Gasteiger partial charge in [-0.25, -0.2) is 12.8 Å². The fourth-order valence-corrected chi connectivity index (χ4v) is 1.56. The predicted molar refractivity (Wildman–Crippen MR) is 58.4 cm³/mol. The van der Waals surface area contributed by atoms with Gasteiger partial charge in [-0.15, -0.1) is 0 Å². The number of amides is 1. The Morgan fingerprint density at radius 3 is 2.56 bits per heavy atom. The predicted octanol–water partition coefficient (Wildman–Crippen LogP) is 0.600. The molecule has 0 saturated heterocycles. The van der Waals surface area contributed by atoms with Crippen LogP contribution in [0.25, 0.3) is 0 Å². The molecule has 1 aromatic carbocycles. The van der Waals surface area contributed by atoms with Gasteiger partial charge in [-0.1, -0.05) is 12.1 Å². The first-order valence-electron chi connectivity index (χ1n) is 4.60. The van der Waals surface area contributed by atoms with Gasteiger partial charge in [-0.3, -0.25) is 4.79 Å². The van der Waals surface area contributed by atoms with Crippen LogP contribution in [0, 0.1) is 5.82 Å². The minimum Gasteiger partial charge on any atom is -0.351 e. The molecule has 1 rings (SSSR count). The van der Waals surface area contributed by atoms with Crippen molar-refractivity contribution in [1.29, 1.82) is 0 Å². The van der Waals surface area contributed by atoms with Crippen LogP contribution in [0.2, 0.25) is 0 Å². The molecule has 4 nitrogen and oxygen atoms in total. The molecule has 0 bridgehead atoms. The highest BCUT2D eigenvalue weighted by Gasteiger charge is 2.10. The molecule has 0 unspecified atom stereocenters. The largest absolute Gasteiger partial charge is 0.351 e. The Morgan fingerprint density at radius 1 is 1.38 bits per heavy atom. The lowest BCUT2D eigenvalue weighted by molar-refractivity contribution is 0.0952. The van der Waals surface area contributed by atoms with Crippen molar-refractivity contribution in [2.24, 2.45) is 0 Å². The van der Waals surface area contributed by atoms with Gasteiger partial charge in [0.2, 0.25) is 0 Å². The number of benzene rings is 1. The molecule has 0 aliphatic rings. The third-order valence-electron chi connectivity index (χ3n) is 1.88. The molecule has 1 aromatic rings. The van der Waals surface area contributed by atoms with E-state index < -0.39 is 21.6 Å². The first kappa shape index (κ1) is 12.6. The molecule has 0 fully saturated rings. The number of carbonyl (C=O) groups excluding carboxylic acids is 1. The summed E-state index contributed by atoms with van der Waals surface area (Å²) in [7, 11) is -3.12. The number of rotatable bonds is 4. The molecule has 1 amide bonds. The van der Waals surface area contributed by atoms with E-state index in [-0.39, 0.29) is 17.9 Å². The summed E-state index contributed by atoms with van der Waals surface area (Å²) >= 11 is 0. The van der Waals surface area contributed by atoms with Crippen molar-refractivity contribution in [3.05, 3.63) is 35.6 Å². The van der Waals surface area contributed by atoms with Crippen molar-refractivity contribution >= 4 is 15.7 Å². The van der Waals surface area contributed by atoms with Crippen molar-refractivity contribution in [2.45, 2.75) is 0 Å². The van der Waals surface area contributed by atoms with Gasteiger partial charge < -0.3 is 5.32 Å². The molecule has 16 heavy (non-hydrogen) atoms. The van der Waals surface area contributed by atoms with Crippen molar-refractivity contribution < 1.29 is 17.6 Å². The molecule has 0 aliphatic heterocycles. The molecule has 0 spiro atoms. The summed E-state index contributed by atoms with van der Waals surface area (Å²) in [6.07, 6.45) is 1.07. The molecule has 0 aromatic heterocycles. The van der Waals surface area contributed by atoms with Crippen LogP contribution in [0.4, 0.5) is 4.39 Å². The lowest BCUT2D eigenvalue weighted by Gasteiger charge is -2.04. The van der Waals surface area contributed by atoms with Gasteiger partial charge >= 0.3 is 0 Å². The Bertz CT molecular complexity index is 485. The zero-order valence-corrected chi connectivity index (χ0v) is 9.55. The minimum atomic E-state index is -3.12. The highest BCUT2D eigenvalue weighted by atomic mass is 32.2. The molecule has 0 saturated carbocycles. The third-order valence-corrected chi connectivity index (χ3v) is 2.82. The molecule has 1 N–H and O–H groups in total. The Labute approximate surface area is 93.4 Å². The van der Waals surface area contributed by atoms with E-state index >= 15 is 0 Å². The number of nitrogens with one attached hydrogen (secondary N) is 1. The molecule has 0 heterocycles. The Hall–Kier alpha value is -1.43. The highest BCUT2D eigenvalue weighted by Crippen LogP contribution is 2.05. The Kier molecular flexibility index (Phi) is 4.00. The second-order valence-corrected chi connectivity index (χ2v) is 5.63. The van der Waals surface area contributed by atoms with Gasteiger partial charge in [0.1, 0.15) is 15.7 Å². The van der Waals surface area contributed by atoms with Crippen molar-refractivity contribution in [3.63, 3.8) is 0 Å². The topological polar surface area (TPSA) is 63.2 Å². The third kappa shape index (κ3) is 3.98.